The molecule has 0 saturated heterocycles. The van der Waals surface area contributed by atoms with Crippen LogP contribution in [-0.2, 0) is 0 Å². The molecule has 13 rings (SSSR count). The van der Waals surface area contributed by atoms with Crippen molar-refractivity contribution in [3.8, 4) is 44.5 Å². The Morgan fingerprint density at radius 3 is 1.08 bits per heavy atom. The van der Waals surface area contributed by atoms with Crippen LogP contribution < -0.4 is 26.2 Å². The highest BCUT2D eigenvalue weighted by Gasteiger charge is 2.43. The van der Waals surface area contributed by atoms with Crippen molar-refractivity contribution in [3.05, 3.63) is 249 Å². The second-order valence-corrected chi connectivity index (χ2v) is 17.1. The maximum Gasteiger partial charge on any atom is 0.252 e. The normalized spacial score (nSPS) is 12.5. The van der Waals surface area contributed by atoms with Crippen molar-refractivity contribution >= 4 is 78.8 Å². The Morgan fingerprint density at radius 1 is 0.262 bits per heavy atom. The van der Waals surface area contributed by atoms with Crippen molar-refractivity contribution in [2.45, 2.75) is 0 Å². The van der Waals surface area contributed by atoms with E-state index in [1.54, 1.807) is 0 Å². The van der Waals surface area contributed by atoms with Gasteiger partial charge >= 0.3 is 0 Å². The fourth-order valence-corrected chi connectivity index (χ4v) is 11.0. The minimum atomic E-state index is 0.0446. The molecule has 3 heteroatoms. The lowest BCUT2D eigenvalue weighted by molar-refractivity contribution is 1.25. The Balaban J connectivity index is 1.17. The minimum Gasteiger partial charge on any atom is -0.311 e. The van der Waals surface area contributed by atoms with E-state index in [1.165, 1.54) is 105 Å². The van der Waals surface area contributed by atoms with Gasteiger partial charge in [-0.2, -0.15) is 0 Å². The van der Waals surface area contributed by atoms with E-state index in [0.29, 0.717) is 0 Å². The summed E-state index contributed by atoms with van der Waals surface area (Å²) in [6.45, 7) is 0.0446. The van der Waals surface area contributed by atoms with Gasteiger partial charge in [-0.3, -0.25) is 0 Å². The Morgan fingerprint density at radius 2 is 0.631 bits per heavy atom. The molecule has 0 bridgehead atoms. The van der Waals surface area contributed by atoms with Gasteiger partial charge in [-0.05, 0) is 131 Å². The van der Waals surface area contributed by atoms with Crippen LogP contribution in [0.1, 0.15) is 0 Å². The quantitative estimate of drug-likeness (QED) is 0.122. The van der Waals surface area contributed by atoms with E-state index in [-0.39, 0.29) is 6.71 Å². The molecule has 65 heavy (non-hydrogen) atoms. The monoisotopic (exact) mass is 824 g/mol. The first-order valence-corrected chi connectivity index (χ1v) is 22.6. The maximum atomic E-state index is 2.51. The number of nitrogens with zero attached hydrogens (tertiary/aromatic N) is 2. The number of fused-ring (bicyclic) bond motifs is 6. The predicted octanol–water partition coefficient (Wildman–Crippen LogP) is 14.7. The largest absolute Gasteiger partial charge is 0.311 e. The third kappa shape index (κ3) is 5.83. The lowest BCUT2D eigenvalue weighted by Crippen LogP contribution is -2.61. The Labute approximate surface area is 380 Å². The number of hydrogen-bond acceptors (Lipinski definition) is 2. The average molecular weight is 825 g/mol. The zero-order valence-corrected chi connectivity index (χ0v) is 35.6. The minimum absolute atomic E-state index is 0.0446. The fourth-order valence-electron chi connectivity index (χ4n) is 11.0. The Kier molecular flexibility index (Phi) is 8.67. The van der Waals surface area contributed by atoms with Gasteiger partial charge in [0.2, 0.25) is 0 Å². The number of rotatable bonds is 6. The van der Waals surface area contributed by atoms with Gasteiger partial charge in [0.15, 0.2) is 0 Å². The van der Waals surface area contributed by atoms with E-state index in [1.807, 2.05) is 0 Å². The van der Waals surface area contributed by atoms with Crippen molar-refractivity contribution in [3.63, 3.8) is 0 Å². The van der Waals surface area contributed by atoms with Gasteiger partial charge < -0.3 is 9.80 Å². The predicted molar refractivity (Wildman–Crippen MR) is 277 cm³/mol. The van der Waals surface area contributed by atoms with E-state index in [4.69, 9.17) is 0 Å². The van der Waals surface area contributed by atoms with Crippen molar-refractivity contribution in [1.82, 2.24) is 0 Å². The first-order valence-electron chi connectivity index (χ1n) is 22.6. The smallest absolute Gasteiger partial charge is 0.252 e. The van der Waals surface area contributed by atoms with E-state index in [0.717, 1.165) is 11.4 Å². The molecule has 0 atom stereocenters. The van der Waals surface area contributed by atoms with Crippen molar-refractivity contribution in [2.75, 3.05) is 9.80 Å². The van der Waals surface area contributed by atoms with E-state index in [2.05, 4.69) is 259 Å². The molecule has 0 aliphatic carbocycles. The van der Waals surface area contributed by atoms with Crippen molar-refractivity contribution in [1.29, 1.82) is 0 Å². The zero-order valence-electron chi connectivity index (χ0n) is 35.6. The highest BCUT2D eigenvalue weighted by molar-refractivity contribution is 7.00. The molecule has 0 amide bonds. The Hall–Kier alpha value is -8.40. The molecule has 0 spiro atoms. The third-order valence-corrected chi connectivity index (χ3v) is 13.6. The lowest BCUT2D eigenvalue weighted by atomic mass is 9.33. The van der Waals surface area contributed by atoms with Gasteiger partial charge in [0, 0.05) is 34.1 Å². The maximum absolute atomic E-state index is 2.51. The van der Waals surface area contributed by atoms with E-state index in [9.17, 15) is 0 Å². The fraction of sp³-hybridized carbons (Fsp3) is 0. The zero-order chi connectivity index (χ0) is 42.8. The van der Waals surface area contributed by atoms with Crippen molar-refractivity contribution in [2.24, 2.45) is 0 Å². The van der Waals surface area contributed by atoms with Gasteiger partial charge in [0.05, 0.1) is 0 Å². The van der Waals surface area contributed by atoms with Crippen LogP contribution in [0.3, 0.4) is 0 Å². The van der Waals surface area contributed by atoms with E-state index >= 15 is 0 Å². The summed E-state index contributed by atoms with van der Waals surface area (Å²) in [6.07, 6.45) is 0. The summed E-state index contributed by atoms with van der Waals surface area (Å²) in [7, 11) is 0. The van der Waals surface area contributed by atoms with Crippen LogP contribution in [-0.4, -0.2) is 6.71 Å². The molecule has 11 aromatic carbocycles. The molecule has 2 aliphatic rings. The summed E-state index contributed by atoms with van der Waals surface area (Å²) in [5.41, 5.74) is 20.7. The van der Waals surface area contributed by atoms with Crippen LogP contribution in [0.15, 0.2) is 249 Å². The molecule has 11 aromatic rings. The summed E-state index contributed by atoms with van der Waals surface area (Å²) in [4.78, 5) is 5.01. The molecule has 0 saturated carbocycles. The molecular formula is C62H41BN2. The number of anilines is 6. The first kappa shape index (κ1) is 37.2. The molecule has 0 aromatic heterocycles. The molecule has 0 unspecified atom stereocenters. The molecule has 2 heterocycles. The lowest BCUT2D eigenvalue weighted by Gasteiger charge is -2.44. The van der Waals surface area contributed by atoms with Gasteiger partial charge in [-0.25, -0.2) is 0 Å². The van der Waals surface area contributed by atoms with Crippen molar-refractivity contribution < 1.29 is 0 Å². The van der Waals surface area contributed by atoms with Crippen LogP contribution in [0.5, 0.6) is 0 Å². The highest BCUT2D eigenvalue weighted by Crippen LogP contribution is 2.52. The van der Waals surface area contributed by atoms with Crippen LogP contribution in [0.4, 0.5) is 34.1 Å². The second-order valence-electron chi connectivity index (χ2n) is 17.1. The van der Waals surface area contributed by atoms with Gasteiger partial charge in [0.25, 0.3) is 6.71 Å². The summed E-state index contributed by atoms with van der Waals surface area (Å²) in [5.74, 6) is 0. The number of benzene rings is 11. The molecular weight excluding hydrogens is 784 g/mol. The summed E-state index contributed by atoms with van der Waals surface area (Å²) >= 11 is 0. The number of hydrogen-bond donors (Lipinski definition) is 0. The van der Waals surface area contributed by atoms with E-state index < -0.39 is 0 Å². The van der Waals surface area contributed by atoms with Gasteiger partial charge in [0.1, 0.15) is 0 Å². The molecule has 0 fully saturated rings. The molecule has 0 radical (unpaired) electrons. The molecule has 2 aliphatic heterocycles. The third-order valence-electron chi connectivity index (χ3n) is 13.6. The SMILES string of the molecule is c1ccc(-c2cccc(-c3ccccc3)c2-c2c3ccccc3c(-c3cc4c5c(c3)N(c3ccccc3)c3ccccc3B5c3ccccc3N4c3ccccc3)c3ccccc23)cc1. The Bertz CT molecular complexity index is 3380. The first-order chi connectivity index (χ1) is 32.3. The van der Waals surface area contributed by atoms with Gasteiger partial charge in [-0.1, -0.05) is 200 Å². The standard InChI is InChI=1S/C62H41BN2/c1-5-22-42(23-6-1)47-34-21-35-48(43-24-7-2-8-25-43)60(47)61-51-32-15-13-30-49(51)59(50-31-14-16-33-52(50)61)44-40-57-62-58(41-44)65(46-28-11-4-12-29-46)56-39-20-18-37-54(56)63(62)53-36-17-19-38-55(53)64(57)45-26-9-3-10-27-45/h1-41H. The highest BCUT2D eigenvalue weighted by atomic mass is 15.2. The molecule has 302 valence electrons. The number of para-hydroxylation sites is 4. The average Bonchev–Trinajstić information content (AvgIpc) is 3.38. The summed E-state index contributed by atoms with van der Waals surface area (Å²) in [6, 6.07) is 91.7. The van der Waals surface area contributed by atoms with Crippen LogP contribution >= 0.6 is 0 Å². The summed E-state index contributed by atoms with van der Waals surface area (Å²) in [5, 5.41) is 4.89. The summed E-state index contributed by atoms with van der Waals surface area (Å²) < 4.78 is 0. The van der Waals surface area contributed by atoms with Crippen LogP contribution in [0.25, 0.3) is 66.1 Å². The molecule has 0 N–H and O–H groups in total. The van der Waals surface area contributed by atoms with Crippen LogP contribution in [0, 0.1) is 0 Å². The topological polar surface area (TPSA) is 6.48 Å². The molecule has 2 nitrogen and oxygen atoms in total. The van der Waals surface area contributed by atoms with Gasteiger partial charge in [-0.15, -0.1) is 0 Å². The second kappa shape index (κ2) is 15.2. The van der Waals surface area contributed by atoms with Crippen LogP contribution in [0.2, 0.25) is 0 Å².